The number of benzene rings is 2. The van der Waals surface area contributed by atoms with Crippen molar-refractivity contribution in [3.63, 3.8) is 0 Å². The molecule has 0 saturated carbocycles. The Morgan fingerprint density at radius 1 is 1.03 bits per heavy atom. The molecule has 7 heteroatoms. The molecule has 39 heavy (non-hydrogen) atoms. The number of carbonyl (C=O) groups is 1. The van der Waals surface area contributed by atoms with Gasteiger partial charge in [0.05, 0.1) is 31.6 Å². The van der Waals surface area contributed by atoms with Crippen LogP contribution in [0.15, 0.2) is 64.6 Å². The molecule has 1 saturated heterocycles. The molecule has 2 aromatic carbocycles. The molecule has 0 amide bonds. The zero-order valence-electron chi connectivity index (χ0n) is 23.7. The van der Waals surface area contributed by atoms with Gasteiger partial charge in [-0.2, -0.15) is 0 Å². The van der Waals surface area contributed by atoms with Crippen molar-refractivity contribution in [2.75, 3.05) is 45.7 Å². The zero-order chi connectivity index (χ0) is 27.5. The number of hydrogen-bond donors (Lipinski definition) is 0. The average molecular weight is 550 g/mol. The van der Waals surface area contributed by atoms with Crippen LogP contribution in [0.3, 0.4) is 0 Å². The van der Waals surface area contributed by atoms with E-state index in [1.807, 2.05) is 24.5 Å². The Morgan fingerprint density at radius 2 is 1.77 bits per heavy atom. The largest absolute Gasteiger partial charge is 0.465 e. The Labute approximate surface area is 238 Å². The molecule has 2 aromatic rings. The number of nitrogens with zero attached hydrogens (tertiary/aromatic N) is 3. The van der Waals surface area contributed by atoms with Crippen molar-refractivity contribution in [2.45, 2.75) is 57.9 Å². The van der Waals surface area contributed by atoms with Gasteiger partial charge in [0.2, 0.25) is 0 Å². The van der Waals surface area contributed by atoms with Crippen molar-refractivity contribution < 1.29 is 14.3 Å². The summed E-state index contributed by atoms with van der Waals surface area (Å²) in [5.41, 5.74) is 4.21. The van der Waals surface area contributed by atoms with Crippen LogP contribution < -0.4 is 0 Å². The fourth-order valence-corrected chi connectivity index (χ4v) is 5.59. The summed E-state index contributed by atoms with van der Waals surface area (Å²) in [5.74, 6) is -0.438. The first kappa shape index (κ1) is 29.5. The van der Waals surface area contributed by atoms with E-state index in [1.54, 1.807) is 0 Å². The van der Waals surface area contributed by atoms with Crippen molar-refractivity contribution in [2.24, 2.45) is 15.9 Å². The van der Waals surface area contributed by atoms with Gasteiger partial charge in [-0.3, -0.25) is 9.79 Å². The van der Waals surface area contributed by atoms with Crippen molar-refractivity contribution in [1.29, 1.82) is 0 Å². The van der Waals surface area contributed by atoms with Crippen molar-refractivity contribution in [3.05, 3.63) is 71.3 Å². The number of aryl methyl sites for hydroxylation is 1. The van der Waals surface area contributed by atoms with Crippen LogP contribution in [0.25, 0.3) is 0 Å². The highest BCUT2D eigenvalue weighted by Gasteiger charge is 2.38. The van der Waals surface area contributed by atoms with Crippen LogP contribution in [0.1, 0.15) is 68.2 Å². The summed E-state index contributed by atoms with van der Waals surface area (Å²) >= 11 is 1.50. The van der Waals surface area contributed by atoms with Gasteiger partial charge in [-0.05, 0) is 67.6 Å². The Balaban J connectivity index is 1.46. The van der Waals surface area contributed by atoms with E-state index >= 15 is 0 Å². The minimum Gasteiger partial charge on any atom is -0.465 e. The average Bonchev–Trinajstić information content (AvgIpc) is 2.98. The maximum Gasteiger partial charge on any atom is 0.317 e. The van der Waals surface area contributed by atoms with Crippen LogP contribution in [-0.2, 0) is 20.7 Å². The van der Waals surface area contributed by atoms with E-state index in [2.05, 4.69) is 55.1 Å². The minimum atomic E-state index is -0.600. The third-order valence-corrected chi connectivity index (χ3v) is 8.05. The first-order valence-corrected chi connectivity index (χ1v) is 15.6. The van der Waals surface area contributed by atoms with Crippen molar-refractivity contribution >= 4 is 28.6 Å². The highest BCUT2D eigenvalue weighted by molar-refractivity contribution is 8.13. The van der Waals surface area contributed by atoms with E-state index in [0.29, 0.717) is 36.6 Å². The van der Waals surface area contributed by atoms with Gasteiger partial charge in [0.25, 0.3) is 0 Å². The number of aliphatic imine (C=N–C) groups is 2. The summed E-state index contributed by atoms with van der Waals surface area (Å²) in [6, 6.07) is 18.4. The molecule has 6 nitrogen and oxygen atoms in total. The van der Waals surface area contributed by atoms with Gasteiger partial charge < -0.3 is 14.4 Å². The standard InChI is InChI=1S/C32H43N3O3S/c1-24(2)26-14-16-27(17-15-26)30-29(31(36)38-21-10-13-25-11-6-4-7-12-25)28(33-32(34-30)39-3)23-37-22-20-35-18-8-5-9-19-35/h4,6-7,11-12,14-17,24,29-30H,5,8-10,13,18-23H2,1-3H3. The van der Waals surface area contributed by atoms with Crippen LogP contribution in [0.5, 0.6) is 0 Å². The molecule has 0 N–H and O–H groups in total. The summed E-state index contributed by atoms with van der Waals surface area (Å²) in [5, 5.41) is 0.677. The molecule has 0 aliphatic carbocycles. The second kappa shape index (κ2) is 15.3. The van der Waals surface area contributed by atoms with Crippen LogP contribution in [0, 0.1) is 5.92 Å². The quantitative estimate of drug-likeness (QED) is 0.229. The maximum atomic E-state index is 13.6. The normalized spacial score (nSPS) is 20.0. The second-order valence-corrected chi connectivity index (χ2v) is 11.4. The van der Waals surface area contributed by atoms with E-state index in [9.17, 15) is 4.79 Å². The first-order chi connectivity index (χ1) is 19.0. The van der Waals surface area contributed by atoms with Crippen LogP contribution >= 0.6 is 11.8 Å². The highest BCUT2D eigenvalue weighted by Crippen LogP contribution is 2.34. The lowest BCUT2D eigenvalue weighted by molar-refractivity contribution is -0.147. The van der Waals surface area contributed by atoms with E-state index in [4.69, 9.17) is 19.5 Å². The molecule has 2 atom stereocenters. The molecule has 1 fully saturated rings. The number of carbonyl (C=O) groups excluding carboxylic acids is 1. The van der Waals surface area contributed by atoms with E-state index in [1.165, 1.54) is 42.2 Å². The molecule has 0 aromatic heterocycles. The third kappa shape index (κ3) is 8.75. The summed E-state index contributed by atoms with van der Waals surface area (Å²) in [7, 11) is 0. The number of amidine groups is 1. The molecule has 4 rings (SSSR count). The Kier molecular flexibility index (Phi) is 11.6. The van der Waals surface area contributed by atoms with Gasteiger partial charge in [-0.1, -0.05) is 86.6 Å². The predicted octanol–water partition coefficient (Wildman–Crippen LogP) is 6.32. The molecule has 2 unspecified atom stereocenters. The Morgan fingerprint density at radius 3 is 2.46 bits per heavy atom. The number of thioether (sulfide) groups is 1. The number of ether oxygens (including phenoxy) is 2. The van der Waals surface area contributed by atoms with Gasteiger partial charge in [-0.25, -0.2) is 4.99 Å². The molecule has 2 aliphatic rings. The van der Waals surface area contributed by atoms with Gasteiger partial charge in [0.15, 0.2) is 5.17 Å². The lowest BCUT2D eigenvalue weighted by Gasteiger charge is -2.29. The van der Waals surface area contributed by atoms with Crippen molar-refractivity contribution in [1.82, 2.24) is 4.90 Å². The lowest BCUT2D eigenvalue weighted by atomic mass is 9.87. The number of hydrogen-bond acceptors (Lipinski definition) is 7. The van der Waals surface area contributed by atoms with Gasteiger partial charge in [0.1, 0.15) is 5.92 Å². The molecular formula is C32H43N3O3S. The fourth-order valence-electron chi connectivity index (χ4n) is 5.16. The fraction of sp³-hybridized carbons (Fsp3) is 0.531. The molecule has 0 spiro atoms. The van der Waals surface area contributed by atoms with Crippen LogP contribution in [0.4, 0.5) is 0 Å². The van der Waals surface area contributed by atoms with Gasteiger partial charge in [-0.15, -0.1) is 0 Å². The number of rotatable bonds is 12. The molecule has 0 bridgehead atoms. The van der Waals surface area contributed by atoms with Gasteiger partial charge >= 0.3 is 5.97 Å². The third-order valence-electron chi connectivity index (χ3n) is 7.49. The lowest BCUT2D eigenvalue weighted by Crippen LogP contribution is -2.38. The predicted molar refractivity (Wildman–Crippen MR) is 162 cm³/mol. The van der Waals surface area contributed by atoms with E-state index in [-0.39, 0.29) is 12.0 Å². The molecule has 2 heterocycles. The van der Waals surface area contributed by atoms with Gasteiger partial charge in [0, 0.05) is 6.54 Å². The molecule has 0 radical (unpaired) electrons. The number of piperidine rings is 1. The smallest absolute Gasteiger partial charge is 0.317 e. The highest BCUT2D eigenvalue weighted by atomic mass is 32.2. The molecule has 2 aliphatic heterocycles. The van der Waals surface area contributed by atoms with Crippen LogP contribution in [0.2, 0.25) is 0 Å². The monoisotopic (exact) mass is 549 g/mol. The number of likely N-dealkylation sites (tertiary alicyclic amines) is 1. The topological polar surface area (TPSA) is 63.5 Å². The molecule has 210 valence electrons. The first-order valence-electron chi connectivity index (χ1n) is 14.3. The minimum absolute atomic E-state index is 0.275. The second-order valence-electron chi connectivity index (χ2n) is 10.7. The number of esters is 1. The summed E-state index contributed by atoms with van der Waals surface area (Å²) < 4.78 is 12.0. The maximum absolute atomic E-state index is 13.6. The van der Waals surface area contributed by atoms with Crippen molar-refractivity contribution in [3.8, 4) is 0 Å². The summed E-state index contributed by atoms with van der Waals surface area (Å²) in [6.45, 7) is 8.84. The Bertz CT molecular complexity index is 1100. The SMILES string of the molecule is CSC1=NC(c2ccc(C(C)C)cc2)C(C(=O)OCCCc2ccccc2)C(COCCN2CCCCC2)=N1. The zero-order valence-corrected chi connectivity index (χ0v) is 24.5. The summed E-state index contributed by atoms with van der Waals surface area (Å²) in [4.78, 5) is 25.7. The summed E-state index contributed by atoms with van der Waals surface area (Å²) in [6.07, 6.45) is 7.45. The van der Waals surface area contributed by atoms with E-state index in [0.717, 1.165) is 38.0 Å². The molecular weight excluding hydrogens is 506 g/mol. The van der Waals surface area contributed by atoms with Crippen LogP contribution in [-0.4, -0.2) is 67.5 Å². The Hall–Kier alpha value is -2.48. The van der Waals surface area contributed by atoms with E-state index < -0.39 is 5.92 Å².